The summed E-state index contributed by atoms with van der Waals surface area (Å²) >= 11 is 0. The number of nitrogens with one attached hydrogen (secondary N) is 1. The summed E-state index contributed by atoms with van der Waals surface area (Å²) in [6.07, 6.45) is 6.59. The molecule has 0 unspecified atom stereocenters. The lowest BCUT2D eigenvalue weighted by Gasteiger charge is -2.35. The van der Waals surface area contributed by atoms with Crippen LogP contribution in [0.25, 0.3) is 0 Å². The predicted molar refractivity (Wildman–Crippen MR) is 69.7 cm³/mol. The molecule has 1 N–H and O–H groups in total. The molecule has 0 saturated carbocycles. The molecule has 0 aliphatic carbocycles. The average molecular weight is 228 g/mol. The number of carbonyl (C=O) groups is 1. The highest BCUT2D eigenvalue weighted by Gasteiger charge is 2.29. The van der Waals surface area contributed by atoms with Crippen molar-refractivity contribution in [3.05, 3.63) is 0 Å². The van der Waals surface area contributed by atoms with Gasteiger partial charge in [-0.3, -0.25) is 0 Å². The second kappa shape index (κ2) is 7.53. The van der Waals surface area contributed by atoms with E-state index in [-0.39, 0.29) is 11.6 Å². The van der Waals surface area contributed by atoms with Crippen molar-refractivity contribution < 1.29 is 4.79 Å². The zero-order chi connectivity index (χ0) is 12.6. The van der Waals surface area contributed by atoms with Crippen LogP contribution in [0, 0.1) is 0 Å². The monoisotopic (exact) mass is 228 g/mol. The lowest BCUT2D eigenvalue weighted by Crippen LogP contribution is -2.51. The first kappa shape index (κ1) is 15.3. The molecule has 0 bridgehead atoms. The lowest BCUT2D eigenvalue weighted by molar-refractivity contribution is 0.188. The molecule has 2 amide bonds. The van der Waals surface area contributed by atoms with Crippen LogP contribution in [0.15, 0.2) is 0 Å². The molecule has 0 aliphatic heterocycles. The van der Waals surface area contributed by atoms with Crippen molar-refractivity contribution >= 4 is 6.03 Å². The lowest BCUT2D eigenvalue weighted by atomic mass is 9.84. The van der Waals surface area contributed by atoms with Gasteiger partial charge in [-0.2, -0.15) is 0 Å². The van der Waals surface area contributed by atoms with E-state index >= 15 is 0 Å². The summed E-state index contributed by atoms with van der Waals surface area (Å²) in [7, 11) is 3.59. The SMILES string of the molecule is CCCC(CCC)(CCC)NC(=O)N(C)C. The fourth-order valence-electron chi connectivity index (χ4n) is 2.34. The molecule has 0 radical (unpaired) electrons. The van der Waals surface area contributed by atoms with Gasteiger partial charge in [-0.05, 0) is 19.3 Å². The van der Waals surface area contributed by atoms with Gasteiger partial charge < -0.3 is 10.2 Å². The maximum atomic E-state index is 11.8. The van der Waals surface area contributed by atoms with Gasteiger partial charge in [0.1, 0.15) is 0 Å². The first-order valence-electron chi connectivity index (χ1n) is 6.50. The molecule has 0 aromatic heterocycles. The number of urea groups is 1. The van der Waals surface area contributed by atoms with Crippen LogP contribution < -0.4 is 5.32 Å². The minimum Gasteiger partial charge on any atom is -0.333 e. The molecule has 16 heavy (non-hydrogen) atoms. The van der Waals surface area contributed by atoms with E-state index in [1.54, 1.807) is 19.0 Å². The van der Waals surface area contributed by atoms with Crippen LogP contribution in [0.2, 0.25) is 0 Å². The highest BCUT2D eigenvalue weighted by Crippen LogP contribution is 2.25. The Balaban J connectivity index is 4.64. The summed E-state index contributed by atoms with van der Waals surface area (Å²) in [6.45, 7) is 6.55. The van der Waals surface area contributed by atoms with Crippen LogP contribution in [0.5, 0.6) is 0 Å². The second-order valence-electron chi connectivity index (χ2n) is 4.85. The van der Waals surface area contributed by atoms with Crippen molar-refractivity contribution in [1.29, 1.82) is 0 Å². The number of carbonyl (C=O) groups excluding carboxylic acids is 1. The van der Waals surface area contributed by atoms with E-state index in [1.165, 1.54) is 0 Å². The Labute approximate surface area is 101 Å². The molecular weight excluding hydrogens is 200 g/mol. The molecule has 0 rings (SSSR count). The topological polar surface area (TPSA) is 32.3 Å². The fraction of sp³-hybridized carbons (Fsp3) is 0.923. The van der Waals surface area contributed by atoms with E-state index in [1.807, 2.05) is 0 Å². The Bertz CT molecular complexity index is 185. The molecule has 0 aliphatic rings. The third kappa shape index (κ3) is 4.86. The Hall–Kier alpha value is -0.730. The van der Waals surface area contributed by atoms with Crippen LogP contribution >= 0.6 is 0 Å². The van der Waals surface area contributed by atoms with E-state index < -0.39 is 0 Å². The van der Waals surface area contributed by atoms with Crippen molar-refractivity contribution in [2.75, 3.05) is 14.1 Å². The molecule has 0 aromatic carbocycles. The molecule has 0 atom stereocenters. The highest BCUT2D eigenvalue weighted by atomic mass is 16.2. The molecule has 0 spiro atoms. The number of amides is 2. The Morgan fingerprint density at radius 3 is 1.62 bits per heavy atom. The van der Waals surface area contributed by atoms with Gasteiger partial charge in [-0.25, -0.2) is 4.79 Å². The summed E-state index contributed by atoms with van der Waals surface area (Å²) < 4.78 is 0. The molecule has 3 heteroatoms. The zero-order valence-electron chi connectivity index (χ0n) is 11.6. The Morgan fingerprint density at radius 1 is 1.00 bits per heavy atom. The van der Waals surface area contributed by atoms with E-state index in [0.717, 1.165) is 38.5 Å². The van der Waals surface area contributed by atoms with Gasteiger partial charge in [0, 0.05) is 19.6 Å². The van der Waals surface area contributed by atoms with Crippen molar-refractivity contribution in [3.63, 3.8) is 0 Å². The van der Waals surface area contributed by atoms with E-state index in [2.05, 4.69) is 26.1 Å². The number of hydrogen-bond donors (Lipinski definition) is 1. The van der Waals surface area contributed by atoms with Gasteiger partial charge >= 0.3 is 6.03 Å². The van der Waals surface area contributed by atoms with Gasteiger partial charge in [-0.15, -0.1) is 0 Å². The first-order valence-corrected chi connectivity index (χ1v) is 6.50. The summed E-state index contributed by atoms with van der Waals surface area (Å²) in [4.78, 5) is 13.4. The summed E-state index contributed by atoms with van der Waals surface area (Å²) in [6, 6.07) is 0.0374. The number of nitrogens with zero attached hydrogens (tertiary/aromatic N) is 1. The molecule has 3 nitrogen and oxygen atoms in total. The van der Waals surface area contributed by atoms with Crippen molar-refractivity contribution in [3.8, 4) is 0 Å². The van der Waals surface area contributed by atoms with E-state index in [4.69, 9.17) is 0 Å². The van der Waals surface area contributed by atoms with E-state index in [9.17, 15) is 4.79 Å². The quantitative estimate of drug-likeness (QED) is 0.711. The predicted octanol–water partition coefficient (Wildman–Crippen LogP) is 3.40. The zero-order valence-corrected chi connectivity index (χ0v) is 11.6. The minimum atomic E-state index is 0.0135. The Morgan fingerprint density at radius 2 is 1.38 bits per heavy atom. The Kier molecular flexibility index (Phi) is 7.18. The normalized spacial score (nSPS) is 11.3. The van der Waals surface area contributed by atoms with Gasteiger partial charge in [-0.1, -0.05) is 40.0 Å². The molecule has 0 heterocycles. The summed E-state index contributed by atoms with van der Waals surface area (Å²) in [5.74, 6) is 0. The van der Waals surface area contributed by atoms with Gasteiger partial charge in [0.05, 0.1) is 0 Å². The molecule has 0 fully saturated rings. The second-order valence-corrected chi connectivity index (χ2v) is 4.85. The van der Waals surface area contributed by atoms with Gasteiger partial charge in [0.15, 0.2) is 0 Å². The number of hydrogen-bond acceptors (Lipinski definition) is 1. The summed E-state index contributed by atoms with van der Waals surface area (Å²) in [5.41, 5.74) is 0.0135. The van der Waals surface area contributed by atoms with Crippen molar-refractivity contribution in [2.45, 2.75) is 64.8 Å². The third-order valence-electron chi connectivity index (χ3n) is 2.96. The average Bonchev–Trinajstić information content (AvgIpc) is 2.18. The van der Waals surface area contributed by atoms with Crippen molar-refractivity contribution in [2.24, 2.45) is 0 Å². The molecular formula is C13H28N2O. The number of rotatable bonds is 7. The highest BCUT2D eigenvalue weighted by molar-refractivity contribution is 5.74. The van der Waals surface area contributed by atoms with E-state index in [0.29, 0.717) is 0 Å². The van der Waals surface area contributed by atoms with Crippen molar-refractivity contribution in [1.82, 2.24) is 10.2 Å². The molecule has 0 aromatic rings. The molecule has 0 saturated heterocycles. The summed E-state index contributed by atoms with van der Waals surface area (Å²) in [5, 5.41) is 3.22. The van der Waals surface area contributed by atoms with Crippen LogP contribution in [-0.4, -0.2) is 30.6 Å². The third-order valence-corrected chi connectivity index (χ3v) is 2.96. The van der Waals surface area contributed by atoms with Crippen LogP contribution in [0.1, 0.15) is 59.3 Å². The van der Waals surface area contributed by atoms with Gasteiger partial charge in [0.25, 0.3) is 0 Å². The smallest absolute Gasteiger partial charge is 0.317 e. The van der Waals surface area contributed by atoms with Crippen LogP contribution in [0.4, 0.5) is 4.79 Å². The van der Waals surface area contributed by atoms with Gasteiger partial charge in [0.2, 0.25) is 0 Å². The minimum absolute atomic E-state index is 0.0135. The van der Waals surface area contributed by atoms with Crippen LogP contribution in [0.3, 0.4) is 0 Å². The standard InChI is InChI=1S/C13H28N2O/c1-6-9-13(10-7-2,11-8-3)14-12(16)15(4)5/h6-11H2,1-5H3,(H,14,16). The van der Waals surface area contributed by atoms with Crippen LogP contribution in [-0.2, 0) is 0 Å². The maximum Gasteiger partial charge on any atom is 0.317 e. The molecule has 96 valence electrons. The maximum absolute atomic E-state index is 11.8. The first-order chi connectivity index (χ1) is 7.51. The fourth-order valence-corrected chi connectivity index (χ4v) is 2.34. The largest absolute Gasteiger partial charge is 0.333 e.